The predicted octanol–water partition coefficient (Wildman–Crippen LogP) is 4.84. The number of hydrogen-bond donors (Lipinski definition) is 1. The summed E-state index contributed by atoms with van der Waals surface area (Å²) in [5, 5.41) is 9.91. The molecule has 1 aliphatic rings. The third-order valence-corrected chi connectivity index (χ3v) is 6.11. The highest BCUT2D eigenvalue weighted by Crippen LogP contribution is 2.26. The molecule has 0 aliphatic carbocycles. The molecule has 28 heavy (non-hydrogen) atoms. The molecule has 1 heterocycles. The average molecular weight is 416 g/mol. The summed E-state index contributed by atoms with van der Waals surface area (Å²) in [6, 6.07) is 17.3. The number of carboxylic acid groups (broad SMARTS) is 1. The number of halogens is 1. The van der Waals surface area contributed by atoms with Crippen LogP contribution in [0.25, 0.3) is 6.08 Å². The second-order valence-corrected chi connectivity index (χ2v) is 8.18. The van der Waals surface area contributed by atoms with Crippen molar-refractivity contribution >= 4 is 41.3 Å². The largest absolute Gasteiger partial charge is 0.481 e. The minimum absolute atomic E-state index is 0.116. The fraction of sp³-hybridized carbons (Fsp3) is 0.273. The van der Waals surface area contributed by atoms with Crippen LogP contribution in [-0.2, 0) is 9.59 Å². The fourth-order valence-corrected chi connectivity index (χ4v) is 4.26. The Kier molecular flexibility index (Phi) is 7.18. The van der Waals surface area contributed by atoms with Crippen LogP contribution in [0.4, 0.5) is 0 Å². The quantitative estimate of drug-likeness (QED) is 0.541. The van der Waals surface area contributed by atoms with Gasteiger partial charge in [-0.25, -0.2) is 0 Å². The summed E-state index contributed by atoms with van der Waals surface area (Å²) in [5.74, 6) is -0.967. The van der Waals surface area contributed by atoms with Crippen molar-refractivity contribution < 1.29 is 14.7 Å². The molecule has 0 spiro atoms. The lowest BCUT2D eigenvalue weighted by atomic mass is 9.97. The Morgan fingerprint density at radius 1 is 1.14 bits per heavy atom. The van der Waals surface area contributed by atoms with E-state index >= 15 is 0 Å². The summed E-state index contributed by atoms with van der Waals surface area (Å²) in [5.41, 5.74) is 1.40. The normalized spacial score (nSPS) is 17.4. The van der Waals surface area contributed by atoms with E-state index in [9.17, 15) is 14.7 Å². The first-order valence-electron chi connectivity index (χ1n) is 9.19. The van der Waals surface area contributed by atoms with E-state index in [-0.39, 0.29) is 12.5 Å². The number of amides is 1. The first kappa shape index (κ1) is 20.5. The van der Waals surface area contributed by atoms with Gasteiger partial charge in [0.15, 0.2) is 0 Å². The second kappa shape index (κ2) is 9.80. The van der Waals surface area contributed by atoms with E-state index in [1.54, 1.807) is 22.7 Å². The van der Waals surface area contributed by atoms with Crippen molar-refractivity contribution in [1.29, 1.82) is 0 Å². The van der Waals surface area contributed by atoms with Crippen LogP contribution < -0.4 is 0 Å². The highest BCUT2D eigenvalue weighted by Gasteiger charge is 2.29. The zero-order chi connectivity index (χ0) is 19.9. The molecule has 1 fully saturated rings. The monoisotopic (exact) mass is 415 g/mol. The highest BCUT2D eigenvalue weighted by molar-refractivity contribution is 7.99. The van der Waals surface area contributed by atoms with Crippen molar-refractivity contribution in [2.24, 2.45) is 5.92 Å². The van der Waals surface area contributed by atoms with Gasteiger partial charge in [0.05, 0.1) is 5.92 Å². The van der Waals surface area contributed by atoms with E-state index in [0.717, 1.165) is 10.5 Å². The van der Waals surface area contributed by atoms with Gasteiger partial charge in [0.25, 0.3) is 5.91 Å². The van der Waals surface area contributed by atoms with Crippen molar-refractivity contribution in [1.82, 2.24) is 4.90 Å². The van der Waals surface area contributed by atoms with Gasteiger partial charge in [-0.2, -0.15) is 0 Å². The Labute approximate surface area is 174 Å². The van der Waals surface area contributed by atoms with Gasteiger partial charge in [-0.05, 0) is 42.7 Å². The van der Waals surface area contributed by atoms with Gasteiger partial charge in [0, 0.05) is 34.3 Å². The Balaban J connectivity index is 1.83. The molecular formula is C22H22ClNO3S. The van der Waals surface area contributed by atoms with E-state index in [4.69, 9.17) is 11.6 Å². The molecule has 1 amide bonds. The molecule has 1 saturated heterocycles. The average Bonchev–Trinajstić information content (AvgIpc) is 2.72. The van der Waals surface area contributed by atoms with E-state index in [1.807, 2.05) is 54.6 Å². The van der Waals surface area contributed by atoms with Crippen molar-refractivity contribution in [3.63, 3.8) is 0 Å². The number of piperidine rings is 1. The maximum absolute atomic E-state index is 13.2. The Morgan fingerprint density at radius 3 is 2.57 bits per heavy atom. The number of thioether (sulfide) groups is 1. The summed E-state index contributed by atoms with van der Waals surface area (Å²) in [6.07, 6.45) is 3.14. The number of carboxylic acids is 1. The molecule has 0 saturated carbocycles. The summed E-state index contributed by atoms with van der Waals surface area (Å²) in [4.78, 5) is 27.3. The Hall–Kier alpha value is -2.24. The number of carbonyl (C=O) groups excluding carboxylic acids is 1. The van der Waals surface area contributed by atoms with Crippen molar-refractivity contribution in [3.05, 3.63) is 70.8 Å². The molecular weight excluding hydrogens is 394 g/mol. The van der Waals surface area contributed by atoms with Gasteiger partial charge in [0.1, 0.15) is 0 Å². The zero-order valence-corrected chi connectivity index (χ0v) is 17.0. The van der Waals surface area contributed by atoms with Gasteiger partial charge in [-0.15, -0.1) is 11.8 Å². The van der Waals surface area contributed by atoms with Crippen LogP contribution in [-0.4, -0.2) is 40.7 Å². The van der Waals surface area contributed by atoms with Gasteiger partial charge in [-0.3, -0.25) is 9.59 Å². The van der Waals surface area contributed by atoms with E-state index in [2.05, 4.69) is 0 Å². The summed E-state index contributed by atoms with van der Waals surface area (Å²) in [7, 11) is 0. The molecule has 2 aromatic rings. The molecule has 1 N–H and O–H groups in total. The SMILES string of the molecule is O=C(O)[C@@H]1CCCN(C(=O)/C(=C/c2ccccc2Cl)CSc2ccccc2)C1. The lowest BCUT2D eigenvalue weighted by Gasteiger charge is -2.31. The molecule has 146 valence electrons. The van der Waals surface area contributed by atoms with Gasteiger partial charge in [-0.1, -0.05) is 48.0 Å². The van der Waals surface area contributed by atoms with Crippen LogP contribution in [0.15, 0.2) is 65.1 Å². The number of nitrogens with zero attached hydrogens (tertiary/aromatic N) is 1. The Bertz CT molecular complexity index is 869. The van der Waals surface area contributed by atoms with E-state index in [0.29, 0.717) is 35.7 Å². The Morgan fingerprint density at radius 2 is 1.86 bits per heavy atom. The van der Waals surface area contributed by atoms with Crippen LogP contribution >= 0.6 is 23.4 Å². The molecule has 0 bridgehead atoms. The minimum Gasteiger partial charge on any atom is -0.481 e. The smallest absolute Gasteiger partial charge is 0.308 e. The maximum atomic E-state index is 13.2. The van der Waals surface area contributed by atoms with Crippen LogP contribution in [0.2, 0.25) is 5.02 Å². The molecule has 2 aromatic carbocycles. The van der Waals surface area contributed by atoms with Gasteiger partial charge < -0.3 is 10.0 Å². The fourth-order valence-electron chi connectivity index (χ4n) is 3.19. The molecule has 3 rings (SSSR count). The predicted molar refractivity (Wildman–Crippen MR) is 114 cm³/mol. The molecule has 1 aliphatic heterocycles. The third kappa shape index (κ3) is 5.40. The standard InChI is InChI=1S/C22H22ClNO3S/c23-20-11-5-4-7-16(20)13-18(15-28-19-9-2-1-3-10-19)21(25)24-12-6-8-17(14-24)22(26)27/h1-5,7,9-11,13,17H,6,8,12,14-15H2,(H,26,27)/b18-13+/t17-/m1/s1. The number of rotatable bonds is 6. The first-order chi connectivity index (χ1) is 13.5. The van der Waals surface area contributed by atoms with E-state index in [1.165, 1.54) is 0 Å². The van der Waals surface area contributed by atoms with Gasteiger partial charge in [0.2, 0.25) is 0 Å². The van der Waals surface area contributed by atoms with Crippen LogP contribution in [0.1, 0.15) is 18.4 Å². The summed E-state index contributed by atoms with van der Waals surface area (Å²) >= 11 is 7.86. The molecule has 0 unspecified atom stereocenters. The molecule has 4 nitrogen and oxygen atoms in total. The molecule has 6 heteroatoms. The first-order valence-corrected chi connectivity index (χ1v) is 10.6. The zero-order valence-electron chi connectivity index (χ0n) is 15.4. The molecule has 0 radical (unpaired) electrons. The summed E-state index contributed by atoms with van der Waals surface area (Å²) in [6.45, 7) is 0.836. The van der Waals surface area contributed by atoms with Crippen molar-refractivity contribution in [2.75, 3.05) is 18.8 Å². The number of hydrogen-bond acceptors (Lipinski definition) is 3. The van der Waals surface area contributed by atoms with Crippen LogP contribution in [0, 0.1) is 5.92 Å². The van der Waals surface area contributed by atoms with Crippen LogP contribution in [0.3, 0.4) is 0 Å². The maximum Gasteiger partial charge on any atom is 0.308 e. The molecule has 1 atom stereocenters. The number of aliphatic carboxylic acids is 1. The number of likely N-dealkylation sites (tertiary alicyclic amines) is 1. The lowest BCUT2D eigenvalue weighted by molar-refractivity contribution is -0.145. The van der Waals surface area contributed by atoms with Gasteiger partial charge >= 0.3 is 5.97 Å². The third-order valence-electron chi connectivity index (χ3n) is 4.71. The van der Waals surface area contributed by atoms with Crippen molar-refractivity contribution in [2.45, 2.75) is 17.7 Å². The lowest BCUT2D eigenvalue weighted by Crippen LogP contribution is -2.43. The topological polar surface area (TPSA) is 57.6 Å². The number of carbonyl (C=O) groups is 2. The van der Waals surface area contributed by atoms with E-state index < -0.39 is 11.9 Å². The van der Waals surface area contributed by atoms with Crippen molar-refractivity contribution in [3.8, 4) is 0 Å². The second-order valence-electron chi connectivity index (χ2n) is 6.72. The number of benzene rings is 2. The molecule has 0 aromatic heterocycles. The highest BCUT2D eigenvalue weighted by atomic mass is 35.5. The minimum atomic E-state index is -0.840. The summed E-state index contributed by atoms with van der Waals surface area (Å²) < 4.78 is 0. The van der Waals surface area contributed by atoms with Crippen LogP contribution in [0.5, 0.6) is 0 Å².